The van der Waals surface area contributed by atoms with E-state index in [2.05, 4.69) is 0 Å². The molecule has 0 saturated carbocycles. The van der Waals surface area contributed by atoms with Crippen molar-refractivity contribution in [2.75, 3.05) is 6.54 Å². The molecule has 0 saturated heterocycles. The van der Waals surface area contributed by atoms with E-state index < -0.39 is 12.0 Å². The summed E-state index contributed by atoms with van der Waals surface area (Å²) in [6.07, 6.45) is 1.60. The first kappa shape index (κ1) is 11.1. The molecule has 11 heavy (non-hydrogen) atoms. The number of carbonyl (C=O) groups is 1. The second-order valence-corrected chi connectivity index (χ2v) is 3.91. The summed E-state index contributed by atoms with van der Waals surface area (Å²) in [5, 5.41) is 8.49. The molecule has 0 bridgehead atoms. The van der Waals surface area contributed by atoms with E-state index in [1.807, 2.05) is 22.6 Å². The van der Waals surface area contributed by atoms with E-state index in [0.29, 0.717) is 6.54 Å². The van der Waals surface area contributed by atoms with E-state index in [1.165, 1.54) is 0 Å². The quantitative estimate of drug-likeness (QED) is 0.483. The van der Waals surface area contributed by atoms with E-state index in [1.54, 1.807) is 0 Å². The Bertz CT molecular complexity index is 132. The maximum absolute atomic E-state index is 10.3. The van der Waals surface area contributed by atoms with Gasteiger partial charge in [-0.1, -0.05) is 22.6 Å². The summed E-state index contributed by atoms with van der Waals surface area (Å²) in [6.45, 7) is 0.589. The Morgan fingerprint density at radius 3 is 2.55 bits per heavy atom. The fourth-order valence-electron chi connectivity index (χ4n) is 0.647. The van der Waals surface area contributed by atoms with Gasteiger partial charge in [0.05, 0.1) is 0 Å². The molecule has 5 heteroatoms. The molecule has 0 aromatic carbocycles. The van der Waals surface area contributed by atoms with Crippen LogP contribution in [0.2, 0.25) is 0 Å². The summed E-state index contributed by atoms with van der Waals surface area (Å²) in [6, 6.07) is -0.762. The SMILES string of the molecule is NCCCC(I)[C@H](N)C(=O)O. The maximum Gasteiger partial charge on any atom is 0.321 e. The van der Waals surface area contributed by atoms with Crippen molar-refractivity contribution in [2.24, 2.45) is 11.5 Å². The van der Waals surface area contributed by atoms with Crippen molar-refractivity contribution in [3.8, 4) is 0 Å². The first-order valence-electron chi connectivity index (χ1n) is 3.42. The van der Waals surface area contributed by atoms with Gasteiger partial charge in [-0.25, -0.2) is 0 Å². The Labute approximate surface area is 79.5 Å². The van der Waals surface area contributed by atoms with Crippen LogP contribution in [0.4, 0.5) is 0 Å². The lowest BCUT2D eigenvalue weighted by atomic mass is 10.1. The van der Waals surface area contributed by atoms with Crippen molar-refractivity contribution in [1.82, 2.24) is 0 Å². The third-order valence-electron chi connectivity index (χ3n) is 1.36. The number of alkyl halides is 1. The number of carboxylic acids is 1. The van der Waals surface area contributed by atoms with E-state index >= 15 is 0 Å². The van der Waals surface area contributed by atoms with Gasteiger partial charge in [0.25, 0.3) is 0 Å². The van der Waals surface area contributed by atoms with Crippen LogP contribution in [0.5, 0.6) is 0 Å². The molecule has 2 atom stereocenters. The van der Waals surface area contributed by atoms with E-state index in [0.717, 1.165) is 12.8 Å². The minimum absolute atomic E-state index is 0.0198. The summed E-state index contributed by atoms with van der Waals surface area (Å²) in [4.78, 5) is 10.3. The van der Waals surface area contributed by atoms with Crippen molar-refractivity contribution in [3.63, 3.8) is 0 Å². The van der Waals surface area contributed by atoms with Crippen LogP contribution in [0.15, 0.2) is 0 Å². The van der Waals surface area contributed by atoms with Crippen LogP contribution >= 0.6 is 22.6 Å². The number of hydrogen-bond donors (Lipinski definition) is 3. The third-order valence-corrected chi connectivity index (χ3v) is 2.76. The van der Waals surface area contributed by atoms with Gasteiger partial charge in [-0.3, -0.25) is 4.79 Å². The summed E-state index contributed by atoms with van der Waals surface area (Å²) in [7, 11) is 0. The predicted octanol–water partition coefficient (Wildman–Crippen LogP) is -0.0592. The Morgan fingerprint density at radius 1 is 1.64 bits per heavy atom. The minimum Gasteiger partial charge on any atom is -0.480 e. The van der Waals surface area contributed by atoms with Crippen molar-refractivity contribution in [1.29, 1.82) is 0 Å². The topological polar surface area (TPSA) is 89.3 Å². The molecule has 0 aromatic rings. The first-order valence-corrected chi connectivity index (χ1v) is 4.66. The highest BCUT2D eigenvalue weighted by atomic mass is 127. The Balaban J connectivity index is 3.63. The van der Waals surface area contributed by atoms with Gasteiger partial charge in [0.1, 0.15) is 6.04 Å². The zero-order chi connectivity index (χ0) is 8.85. The van der Waals surface area contributed by atoms with E-state index in [-0.39, 0.29) is 3.92 Å². The minimum atomic E-state index is -0.943. The van der Waals surface area contributed by atoms with Crippen LogP contribution in [0, 0.1) is 0 Å². The van der Waals surface area contributed by atoms with Gasteiger partial charge in [-0.15, -0.1) is 0 Å². The zero-order valence-corrected chi connectivity index (χ0v) is 8.32. The molecular weight excluding hydrogens is 259 g/mol. The molecule has 0 rings (SSSR count). The first-order chi connectivity index (χ1) is 5.09. The highest BCUT2D eigenvalue weighted by molar-refractivity contribution is 14.1. The lowest BCUT2D eigenvalue weighted by molar-refractivity contribution is -0.138. The molecule has 0 aromatic heterocycles. The highest BCUT2D eigenvalue weighted by Gasteiger charge is 2.20. The van der Waals surface area contributed by atoms with Gasteiger partial charge in [0.15, 0.2) is 0 Å². The van der Waals surface area contributed by atoms with Crippen molar-refractivity contribution in [2.45, 2.75) is 22.8 Å². The molecule has 0 heterocycles. The molecule has 0 aliphatic rings. The fourth-order valence-corrected chi connectivity index (χ4v) is 1.40. The second-order valence-electron chi connectivity index (χ2n) is 2.31. The molecule has 0 fully saturated rings. The number of rotatable bonds is 5. The van der Waals surface area contributed by atoms with Gasteiger partial charge in [-0.2, -0.15) is 0 Å². The lowest BCUT2D eigenvalue weighted by Gasteiger charge is -2.12. The number of carboxylic acid groups (broad SMARTS) is 1. The van der Waals surface area contributed by atoms with Crippen LogP contribution in [-0.2, 0) is 4.79 Å². The van der Waals surface area contributed by atoms with E-state index in [9.17, 15) is 4.79 Å². The monoisotopic (exact) mass is 272 g/mol. The van der Waals surface area contributed by atoms with Crippen LogP contribution in [-0.4, -0.2) is 27.6 Å². The Kier molecular flexibility index (Phi) is 5.79. The summed E-state index contributed by atoms with van der Waals surface area (Å²) in [5.41, 5.74) is 10.6. The van der Waals surface area contributed by atoms with Crippen molar-refractivity contribution >= 4 is 28.6 Å². The lowest BCUT2D eigenvalue weighted by Crippen LogP contribution is -2.38. The van der Waals surface area contributed by atoms with Crippen LogP contribution in [0.1, 0.15) is 12.8 Å². The maximum atomic E-state index is 10.3. The average molecular weight is 272 g/mol. The Morgan fingerprint density at radius 2 is 2.18 bits per heavy atom. The molecule has 1 unspecified atom stereocenters. The molecule has 0 aliphatic heterocycles. The predicted molar refractivity (Wildman–Crippen MR) is 51.7 cm³/mol. The average Bonchev–Trinajstić information content (AvgIpc) is 1.98. The van der Waals surface area contributed by atoms with Gasteiger partial charge in [0.2, 0.25) is 0 Å². The molecule has 5 N–H and O–H groups in total. The summed E-state index contributed by atoms with van der Waals surface area (Å²) in [5.74, 6) is -0.943. The van der Waals surface area contributed by atoms with Crippen LogP contribution in [0.25, 0.3) is 0 Å². The van der Waals surface area contributed by atoms with Crippen LogP contribution in [0.3, 0.4) is 0 Å². The number of nitrogens with two attached hydrogens (primary N) is 2. The summed E-state index contributed by atoms with van der Waals surface area (Å²) >= 11 is 2.04. The molecule has 0 radical (unpaired) electrons. The molecule has 0 amide bonds. The molecule has 0 aliphatic carbocycles. The molecule has 66 valence electrons. The van der Waals surface area contributed by atoms with Gasteiger partial charge >= 0.3 is 5.97 Å². The number of halogens is 1. The largest absolute Gasteiger partial charge is 0.480 e. The normalized spacial score (nSPS) is 15.9. The number of hydrogen-bond acceptors (Lipinski definition) is 3. The van der Waals surface area contributed by atoms with E-state index in [4.69, 9.17) is 16.6 Å². The zero-order valence-electron chi connectivity index (χ0n) is 6.16. The molecule has 0 spiro atoms. The molecular formula is C6H13IN2O2. The Hall–Kier alpha value is 0.120. The van der Waals surface area contributed by atoms with Gasteiger partial charge < -0.3 is 16.6 Å². The fraction of sp³-hybridized carbons (Fsp3) is 0.833. The third kappa shape index (κ3) is 4.54. The second kappa shape index (κ2) is 5.73. The van der Waals surface area contributed by atoms with Crippen molar-refractivity contribution < 1.29 is 9.90 Å². The van der Waals surface area contributed by atoms with Crippen molar-refractivity contribution in [3.05, 3.63) is 0 Å². The molecule has 4 nitrogen and oxygen atoms in total. The standard InChI is InChI=1S/C6H13IN2O2/c7-4(2-1-3-8)5(9)6(10)11/h4-5H,1-3,8-9H2,(H,10,11)/t4?,5-/m0/s1. The summed E-state index contributed by atoms with van der Waals surface area (Å²) < 4.78 is -0.0198. The number of aliphatic carboxylic acids is 1. The highest BCUT2D eigenvalue weighted by Crippen LogP contribution is 2.11. The van der Waals surface area contributed by atoms with Gasteiger partial charge in [0, 0.05) is 3.92 Å². The smallest absolute Gasteiger partial charge is 0.321 e. The van der Waals surface area contributed by atoms with Gasteiger partial charge in [-0.05, 0) is 19.4 Å². The van der Waals surface area contributed by atoms with Crippen LogP contribution < -0.4 is 11.5 Å².